The van der Waals surface area contributed by atoms with Crippen molar-refractivity contribution >= 4 is 5.82 Å². The molecule has 2 aliphatic rings. The summed E-state index contributed by atoms with van der Waals surface area (Å²) in [5.74, 6) is 3.62. The van der Waals surface area contributed by atoms with Crippen LogP contribution in [0.2, 0.25) is 0 Å². The first-order chi connectivity index (χ1) is 13.0. The zero-order valence-electron chi connectivity index (χ0n) is 16.9. The van der Waals surface area contributed by atoms with Crippen molar-refractivity contribution in [1.29, 1.82) is 0 Å². The number of ether oxygens (including phenoxy) is 1. The molecule has 27 heavy (non-hydrogen) atoms. The van der Waals surface area contributed by atoms with Gasteiger partial charge in [0.25, 0.3) is 0 Å². The molecule has 1 saturated heterocycles. The van der Waals surface area contributed by atoms with E-state index in [-0.39, 0.29) is 0 Å². The zero-order chi connectivity index (χ0) is 19.0. The summed E-state index contributed by atoms with van der Waals surface area (Å²) in [4.78, 5) is 6.93. The van der Waals surface area contributed by atoms with E-state index in [1.807, 2.05) is 6.92 Å². The predicted molar refractivity (Wildman–Crippen MR) is 104 cm³/mol. The first-order valence-electron chi connectivity index (χ1n) is 10.0. The summed E-state index contributed by atoms with van der Waals surface area (Å²) in [5, 5.41) is 13.2. The van der Waals surface area contributed by atoms with E-state index in [1.165, 1.54) is 17.1 Å². The Morgan fingerprint density at radius 3 is 2.74 bits per heavy atom. The Labute approximate surface area is 160 Å². The van der Waals surface area contributed by atoms with Crippen LogP contribution in [-0.4, -0.2) is 56.9 Å². The monoisotopic (exact) mass is 373 g/mol. The summed E-state index contributed by atoms with van der Waals surface area (Å²) in [5.41, 5.74) is 2.52. The van der Waals surface area contributed by atoms with Crippen LogP contribution >= 0.6 is 0 Å². The van der Waals surface area contributed by atoms with Crippen molar-refractivity contribution in [3.63, 3.8) is 0 Å². The van der Waals surface area contributed by atoms with Crippen LogP contribution in [0.3, 0.4) is 0 Å². The topological polar surface area (TPSA) is 73.0 Å². The number of fused-ring (bicyclic) bond motifs is 1. The van der Waals surface area contributed by atoms with Gasteiger partial charge in [-0.1, -0.05) is 13.8 Å². The van der Waals surface area contributed by atoms with Crippen molar-refractivity contribution in [2.75, 3.05) is 31.2 Å². The Balaban J connectivity index is 1.52. The fourth-order valence-electron chi connectivity index (χ4n) is 4.23. The van der Waals surface area contributed by atoms with Crippen molar-refractivity contribution in [2.45, 2.75) is 58.7 Å². The van der Waals surface area contributed by atoms with E-state index in [1.54, 1.807) is 0 Å². The molecule has 8 nitrogen and oxygen atoms in total. The lowest BCUT2D eigenvalue weighted by Gasteiger charge is -2.30. The van der Waals surface area contributed by atoms with Gasteiger partial charge in [-0.3, -0.25) is 4.68 Å². The molecule has 0 unspecified atom stereocenters. The molecule has 2 aromatic heterocycles. The second kappa shape index (κ2) is 7.59. The number of hydrogen-bond donors (Lipinski definition) is 1. The summed E-state index contributed by atoms with van der Waals surface area (Å²) in [7, 11) is 2.06. The van der Waals surface area contributed by atoms with E-state index in [2.05, 4.69) is 50.6 Å². The Kier molecular flexibility index (Phi) is 5.19. The molecule has 2 aliphatic heterocycles. The van der Waals surface area contributed by atoms with Crippen LogP contribution in [0.25, 0.3) is 0 Å². The highest BCUT2D eigenvalue weighted by Crippen LogP contribution is 2.29. The highest BCUT2D eigenvalue weighted by Gasteiger charge is 2.26. The lowest BCUT2D eigenvalue weighted by molar-refractivity contribution is 0.122. The van der Waals surface area contributed by atoms with Gasteiger partial charge in [0.1, 0.15) is 17.5 Å². The van der Waals surface area contributed by atoms with E-state index in [0.717, 1.165) is 63.9 Å². The van der Waals surface area contributed by atoms with Crippen molar-refractivity contribution in [3.05, 3.63) is 22.9 Å². The maximum Gasteiger partial charge on any atom is 0.147 e. The number of aryl methyl sites for hydroxylation is 3. The summed E-state index contributed by atoms with van der Waals surface area (Å²) >= 11 is 0. The van der Waals surface area contributed by atoms with Gasteiger partial charge in [-0.2, -0.15) is 10.2 Å². The minimum absolute atomic E-state index is 0.402. The highest BCUT2D eigenvalue weighted by molar-refractivity contribution is 5.51. The summed E-state index contributed by atoms with van der Waals surface area (Å²) in [6.07, 6.45) is 2.08. The van der Waals surface area contributed by atoms with Gasteiger partial charge in [0, 0.05) is 44.7 Å². The normalized spacial score (nSPS) is 20.3. The molecule has 0 saturated carbocycles. The maximum absolute atomic E-state index is 5.54. The average molecular weight is 374 g/mol. The smallest absolute Gasteiger partial charge is 0.147 e. The lowest BCUT2D eigenvalue weighted by atomic mass is 10.0. The number of aromatic nitrogens is 5. The molecule has 0 aromatic carbocycles. The first-order valence-corrected chi connectivity index (χ1v) is 10.0. The zero-order valence-corrected chi connectivity index (χ0v) is 16.9. The van der Waals surface area contributed by atoms with Crippen LogP contribution in [0.5, 0.6) is 0 Å². The molecule has 1 atom stereocenters. The number of morpholine rings is 1. The molecule has 2 aromatic rings. The van der Waals surface area contributed by atoms with Crippen molar-refractivity contribution < 1.29 is 4.74 Å². The van der Waals surface area contributed by atoms with Gasteiger partial charge < -0.3 is 15.0 Å². The van der Waals surface area contributed by atoms with E-state index < -0.39 is 0 Å². The molecule has 0 amide bonds. The molecule has 0 aliphatic carbocycles. The highest BCUT2D eigenvalue weighted by atomic mass is 16.5. The third-order valence-electron chi connectivity index (χ3n) is 5.53. The molecule has 1 N–H and O–H groups in total. The van der Waals surface area contributed by atoms with Crippen LogP contribution in [0.15, 0.2) is 0 Å². The van der Waals surface area contributed by atoms with Crippen molar-refractivity contribution in [1.82, 2.24) is 29.9 Å². The molecule has 0 radical (unpaired) electrons. The van der Waals surface area contributed by atoms with Crippen molar-refractivity contribution in [2.24, 2.45) is 7.05 Å². The van der Waals surface area contributed by atoms with E-state index in [9.17, 15) is 0 Å². The molecule has 4 heterocycles. The van der Waals surface area contributed by atoms with Gasteiger partial charge in [0.15, 0.2) is 0 Å². The fourth-order valence-corrected chi connectivity index (χ4v) is 4.23. The van der Waals surface area contributed by atoms with E-state index >= 15 is 0 Å². The number of hydrogen-bond acceptors (Lipinski definition) is 6. The molecular weight excluding hydrogens is 342 g/mol. The van der Waals surface area contributed by atoms with Gasteiger partial charge >= 0.3 is 0 Å². The minimum atomic E-state index is 0.402. The maximum atomic E-state index is 5.54. The number of nitrogens with one attached hydrogen (secondary N) is 1. The van der Waals surface area contributed by atoms with E-state index in [0.29, 0.717) is 12.0 Å². The predicted octanol–water partition coefficient (Wildman–Crippen LogP) is 1.38. The summed E-state index contributed by atoms with van der Waals surface area (Å²) < 4.78 is 9.66. The minimum Gasteiger partial charge on any atom is -0.378 e. The number of rotatable bonds is 5. The first kappa shape index (κ1) is 18.4. The Bertz CT molecular complexity index is 788. The largest absolute Gasteiger partial charge is 0.378 e. The Morgan fingerprint density at radius 1 is 1.22 bits per heavy atom. The molecule has 1 fully saturated rings. The van der Waals surface area contributed by atoms with Crippen LogP contribution in [0.4, 0.5) is 5.82 Å². The summed E-state index contributed by atoms with van der Waals surface area (Å²) in [6.45, 7) is 11.6. The van der Waals surface area contributed by atoms with Crippen LogP contribution < -0.4 is 10.2 Å². The van der Waals surface area contributed by atoms with E-state index in [4.69, 9.17) is 9.84 Å². The Morgan fingerprint density at radius 2 is 2.00 bits per heavy atom. The molecule has 0 spiro atoms. The Hall–Kier alpha value is -1.93. The third-order valence-corrected chi connectivity index (χ3v) is 5.53. The molecule has 4 rings (SSSR count). The molecule has 8 heteroatoms. The standard InChI is InChI=1S/C19H31N7O/c1-13(2)18-16(19(24(4)23-18)25-7-9-27-10-8-25)11-20-15-5-6-17-21-14(3)22-26(17)12-15/h13,15,20H,5-12H2,1-4H3/t15-/m0/s1. The van der Waals surface area contributed by atoms with Gasteiger partial charge in [-0.25, -0.2) is 9.67 Å². The lowest BCUT2D eigenvalue weighted by Crippen LogP contribution is -2.40. The fraction of sp³-hybridized carbons (Fsp3) is 0.737. The molecule has 0 bridgehead atoms. The molecular formula is C19H31N7O. The van der Waals surface area contributed by atoms with Crippen LogP contribution in [0, 0.1) is 6.92 Å². The quantitative estimate of drug-likeness (QED) is 0.854. The van der Waals surface area contributed by atoms with Gasteiger partial charge in [-0.05, 0) is 19.3 Å². The summed E-state index contributed by atoms with van der Waals surface area (Å²) in [6, 6.07) is 0.413. The molecule has 148 valence electrons. The van der Waals surface area contributed by atoms with Gasteiger partial charge in [-0.15, -0.1) is 0 Å². The van der Waals surface area contributed by atoms with Crippen molar-refractivity contribution in [3.8, 4) is 0 Å². The second-order valence-corrected chi connectivity index (χ2v) is 7.94. The second-order valence-electron chi connectivity index (χ2n) is 7.94. The third kappa shape index (κ3) is 3.73. The van der Waals surface area contributed by atoms with Crippen LogP contribution in [0.1, 0.15) is 49.1 Å². The van der Waals surface area contributed by atoms with Crippen LogP contribution in [-0.2, 0) is 31.3 Å². The average Bonchev–Trinajstić information content (AvgIpc) is 3.19. The number of nitrogens with zero attached hydrogens (tertiary/aromatic N) is 6. The SMILES string of the molecule is Cc1nc2n(n1)C[C@@H](NCc1c(C(C)C)nn(C)c1N1CCOCC1)CC2. The van der Waals surface area contributed by atoms with Gasteiger partial charge in [0.2, 0.25) is 0 Å². The van der Waals surface area contributed by atoms with Gasteiger partial charge in [0.05, 0.1) is 25.5 Å². The number of anilines is 1.